The predicted octanol–water partition coefficient (Wildman–Crippen LogP) is 3.30. The first-order chi connectivity index (χ1) is 8.31. The van der Waals surface area contributed by atoms with Gasteiger partial charge < -0.3 is 9.47 Å². The Bertz CT molecular complexity index is 661. The molecule has 2 aromatic rings. The van der Waals surface area contributed by atoms with Crippen molar-refractivity contribution in [3.8, 4) is 11.5 Å². The van der Waals surface area contributed by atoms with Crippen molar-refractivity contribution < 1.29 is 9.47 Å². The summed E-state index contributed by atoms with van der Waals surface area (Å²) in [6.45, 7) is 2.28. The number of ether oxygens (including phenoxy) is 2. The van der Waals surface area contributed by atoms with Gasteiger partial charge in [-0.2, -0.15) is 0 Å². The predicted molar refractivity (Wildman–Crippen MR) is 71.4 cm³/mol. The normalized spacial score (nSPS) is 14.4. The van der Waals surface area contributed by atoms with Crippen LogP contribution in [-0.2, 0) is 0 Å². The van der Waals surface area contributed by atoms with E-state index in [4.69, 9.17) is 9.47 Å². The Balaban J connectivity index is 0.000001000. The third-order valence-electron chi connectivity index (χ3n) is 2.80. The average Bonchev–Trinajstić information content (AvgIpc) is 2.89. The highest BCUT2D eigenvalue weighted by atomic mass is 32.1. The SMILES string of the molecule is C.Cc1csc(C2=Nc3cc4c(cc32)OCO4)n1. The van der Waals surface area contributed by atoms with Crippen molar-refractivity contribution in [1.29, 1.82) is 0 Å². The van der Waals surface area contributed by atoms with Crippen molar-refractivity contribution in [2.24, 2.45) is 4.99 Å². The van der Waals surface area contributed by atoms with Crippen LogP contribution >= 0.6 is 11.3 Å². The summed E-state index contributed by atoms with van der Waals surface area (Å²) in [4.78, 5) is 8.92. The maximum atomic E-state index is 5.36. The first-order valence-corrected chi connectivity index (χ1v) is 6.14. The number of hydrogen-bond acceptors (Lipinski definition) is 5. The summed E-state index contributed by atoms with van der Waals surface area (Å²) < 4.78 is 10.7. The number of fused-ring (bicyclic) bond motifs is 2. The Hall–Kier alpha value is -1.88. The molecule has 0 saturated heterocycles. The third-order valence-corrected chi connectivity index (χ3v) is 3.77. The molecule has 0 fully saturated rings. The molecule has 0 saturated carbocycles. The summed E-state index contributed by atoms with van der Waals surface area (Å²) in [5.74, 6) is 1.58. The molecule has 0 bridgehead atoms. The van der Waals surface area contributed by atoms with Gasteiger partial charge in [0.1, 0.15) is 10.7 Å². The van der Waals surface area contributed by atoms with Gasteiger partial charge in [0, 0.05) is 22.7 Å². The van der Waals surface area contributed by atoms with Gasteiger partial charge in [0.15, 0.2) is 11.5 Å². The van der Waals surface area contributed by atoms with Crippen LogP contribution in [0.15, 0.2) is 22.5 Å². The Morgan fingerprint density at radius 3 is 2.72 bits per heavy atom. The van der Waals surface area contributed by atoms with Crippen molar-refractivity contribution in [3.63, 3.8) is 0 Å². The van der Waals surface area contributed by atoms with Crippen molar-refractivity contribution in [2.75, 3.05) is 6.79 Å². The summed E-state index contributed by atoms with van der Waals surface area (Å²) >= 11 is 1.62. The average molecular weight is 260 g/mol. The molecule has 4 rings (SSSR count). The Kier molecular flexibility index (Phi) is 2.38. The fraction of sp³-hybridized carbons (Fsp3) is 0.231. The highest BCUT2D eigenvalue weighted by molar-refractivity contribution is 7.12. The number of aromatic nitrogens is 1. The highest BCUT2D eigenvalue weighted by Gasteiger charge is 2.27. The van der Waals surface area contributed by atoms with Crippen molar-refractivity contribution >= 4 is 22.7 Å². The molecule has 2 aliphatic heterocycles. The van der Waals surface area contributed by atoms with Gasteiger partial charge in [-0.25, -0.2) is 9.98 Å². The lowest BCUT2D eigenvalue weighted by atomic mass is 10.0. The van der Waals surface area contributed by atoms with Crippen LogP contribution in [0.5, 0.6) is 11.5 Å². The van der Waals surface area contributed by atoms with Crippen LogP contribution in [0.25, 0.3) is 0 Å². The summed E-state index contributed by atoms with van der Waals surface area (Å²) in [6, 6.07) is 3.90. The monoisotopic (exact) mass is 260 g/mol. The molecule has 0 spiro atoms. The quantitative estimate of drug-likeness (QED) is 0.674. The van der Waals surface area contributed by atoms with Crippen LogP contribution in [0, 0.1) is 6.92 Å². The van der Waals surface area contributed by atoms with Crippen LogP contribution in [0.4, 0.5) is 5.69 Å². The molecular formula is C13H12N2O2S. The van der Waals surface area contributed by atoms with Gasteiger partial charge >= 0.3 is 0 Å². The van der Waals surface area contributed by atoms with E-state index >= 15 is 0 Å². The molecule has 4 nitrogen and oxygen atoms in total. The van der Waals surface area contributed by atoms with Crippen LogP contribution in [0.1, 0.15) is 23.7 Å². The maximum absolute atomic E-state index is 5.36. The molecule has 2 aliphatic rings. The minimum Gasteiger partial charge on any atom is -0.454 e. The van der Waals surface area contributed by atoms with Crippen molar-refractivity contribution in [3.05, 3.63) is 33.8 Å². The second kappa shape index (κ2) is 3.81. The second-order valence-corrected chi connectivity index (χ2v) is 4.84. The van der Waals surface area contributed by atoms with E-state index < -0.39 is 0 Å². The molecule has 0 unspecified atom stereocenters. The van der Waals surface area contributed by atoms with E-state index in [-0.39, 0.29) is 7.43 Å². The molecule has 0 radical (unpaired) electrons. The zero-order valence-corrected chi connectivity index (χ0v) is 9.87. The molecule has 0 atom stereocenters. The minimum absolute atomic E-state index is 0. The number of rotatable bonds is 1. The van der Waals surface area contributed by atoms with Gasteiger partial charge in [-0.1, -0.05) is 7.43 Å². The van der Waals surface area contributed by atoms with Gasteiger partial charge in [-0.15, -0.1) is 11.3 Å². The fourth-order valence-corrected chi connectivity index (χ4v) is 2.77. The first kappa shape index (κ1) is 11.2. The number of aliphatic imine (C=N–C) groups is 1. The Morgan fingerprint density at radius 2 is 2.00 bits per heavy atom. The molecule has 0 amide bonds. The standard InChI is InChI=1S/C12H8N2O2S.CH4/c1-6-4-17-12(13-6)11-7-2-9-10(16-5-15-9)3-8(7)14-11;/h2-4H,5H2,1H3;1H4. The van der Waals surface area contributed by atoms with E-state index in [1.54, 1.807) is 11.3 Å². The molecule has 0 N–H and O–H groups in total. The van der Waals surface area contributed by atoms with Crippen molar-refractivity contribution in [1.82, 2.24) is 4.98 Å². The molecular weight excluding hydrogens is 248 g/mol. The second-order valence-electron chi connectivity index (χ2n) is 3.98. The molecule has 18 heavy (non-hydrogen) atoms. The Labute approximate surface area is 109 Å². The molecule has 92 valence electrons. The van der Waals surface area contributed by atoms with Crippen molar-refractivity contribution in [2.45, 2.75) is 14.4 Å². The largest absolute Gasteiger partial charge is 0.454 e. The first-order valence-electron chi connectivity index (χ1n) is 5.26. The lowest BCUT2D eigenvalue weighted by Gasteiger charge is -2.17. The van der Waals surface area contributed by atoms with E-state index in [2.05, 4.69) is 9.98 Å². The van der Waals surface area contributed by atoms with E-state index in [0.717, 1.165) is 39.2 Å². The smallest absolute Gasteiger partial charge is 0.231 e. The minimum atomic E-state index is 0. The van der Waals surface area contributed by atoms with Gasteiger partial charge in [0.2, 0.25) is 6.79 Å². The molecule has 0 aliphatic carbocycles. The summed E-state index contributed by atoms with van der Waals surface area (Å²) in [7, 11) is 0. The van der Waals surface area contributed by atoms with Crippen LogP contribution in [-0.4, -0.2) is 17.5 Å². The van der Waals surface area contributed by atoms with Crippen LogP contribution in [0.2, 0.25) is 0 Å². The number of nitrogens with zero attached hydrogens (tertiary/aromatic N) is 2. The zero-order valence-electron chi connectivity index (χ0n) is 9.06. The summed E-state index contributed by atoms with van der Waals surface area (Å²) in [5.41, 5.74) is 4.04. The van der Waals surface area contributed by atoms with Gasteiger partial charge in [0.05, 0.1) is 5.69 Å². The fourth-order valence-electron chi connectivity index (χ4n) is 1.97. The Morgan fingerprint density at radius 1 is 1.22 bits per heavy atom. The van der Waals surface area contributed by atoms with Crippen LogP contribution in [0.3, 0.4) is 0 Å². The summed E-state index contributed by atoms with van der Waals surface area (Å²) in [5, 5.41) is 3.00. The topological polar surface area (TPSA) is 43.7 Å². The zero-order chi connectivity index (χ0) is 11.4. The van der Waals surface area contributed by atoms with Gasteiger partial charge in [-0.3, -0.25) is 0 Å². The van der Waals surface area contributed by atoms with Gasteiger partial charge in [-0.05, 0) is 13.0 Å². The van der Waals surface area contributed by atoms with E-state index in [9.17, 15) is 0 Å². The van der Waals surface area contributed by atoms with E-state index in [1.165, 1.54) is 0 Å². The molecule has 1 aromatic heterocycles. The van der Waals surface area contributed by atoms with Crippen LogP contribution < -0.4 is 9.47 Å². The number of thiazole rings is 1. The highest BCUT2D eigenvalue weighted by Crippen LogP contribution is 2.43. The molecule has 1 aromatic carbocycles. The van der Waals surface area contributed by atoms with E-state index in [1.807, 2.05) is 24.4 Å². The number of aryl methyl sites for hydroxylation is 1. The lowest BCUT2D eigenvalue weighted by molar-refractivity contribution is 0.174. The molecule has 3 heterocycles. The maximum Gasteiger partial charge on any atom is 0.231 e. The summed E-state index contributed by atoms with van der Waals surface area (Å²) in [6.07, 6.45) is 0. The van der Waals surface area contributed by atoms with E-state index in [0.29, 0.717) is 6.79 Å². The lowest BCUT2D eigenvalue weighted by Crippen LogP contribution is -2.10. The molecule has 5 heteroatoms. The number of hydrogen-bond donors (Lipinski definition) is 0. The number of benzene rings is 1. The third kappa shape index (κ3) is 1.44. The van der Waals surface area contributed by atoms with Gasteiger partial charge in [0.25, 0.3) is 0 Å².